The number of H-pyrrole nitrogens is 1. The Morgan fingerprint density at radius 1 is 1.44 bits per heavy atom. The lowest BCUT2D eigenvalue weighted by Crippen LogP contribution is -1.97. The monoisotopic (exact) mass is 233 g/mol. The second-order valence-corrected chi connectivity index (χ2v) is 4.19. The lowest BCUT2D eigenvalue weighted by molar-refractivity contribution is 0.101. The molecule has 0 saturated heterocycles. The van der Waals surface area contributed by atoms with E-state index in [9.17, 15) is 9.90 Å². The molecule has 2 N–H and O–H groups in total. The average Bonchev–Trinajstić information content (AvgIpc) is 2.19. The maximum atomic E-state index is 11.4. The number of aromatic amines is 1. The Balaban J connectivity index is 2.96. The fourth-order valence-electron chi connectivity index (χ4n) is 1.72. The third-order valence-corrected chi connectivity index (χ3v) is 2.80. The van der Waals surface area contributed by atoms with Crippen molar-refractivity contribution in [2.24, 2.45) is 0 Å². The topological polar surface area (TPSA) is 53.1 Å². The number of hydrogen-bond donors (Lipinski definition) is 2. The lowest BCUT2D eigenvalue weighted by Gasteiger charge is -2.06. The number of ketones is 1. The van der Waals surface area contributed by atoms with E-state index in [1.807, 2.05) is 25.1 Å². The zero-order valence-electron chi connectivity index (χ0n) is 9.00. The van der Waals surface area contributed by atoms with Crippen molar-refractivity contribution in [1.82, 2.24) is 4.98 Å². The van der Waals surface area contributed by atoms with Crippen LogP contribution < -0.4 is 0 Å². The summed E-state index contributed by atoms with van der Waals surface area (Å²) >= 11 is 5.04. The molecule has 82 valence electrons. The van der Waals surface area contributed by atoms with Gasteiger partial charge in [0.2, 0.25) is 0 Å². The molecule has 0 radical (unpaired) electrons. The van der Waals surface area contributed by atoms with Gasteiger partial charge >= 0.3 is 0 Å². The van der Waals surface area contributed by atoms with Crippen LogP contribution in [0.1, 0.15) is 22.8 Å². The van der Waals surface area contributed by atoms with Crippen molar-refractivity contribution in [3.05, 3.63) is 34.0 Å². The van der Waals surface area contributed by atoms with E-state index >= 15 is 0 Å². The fourth-order valence-corrected chi connectivity index (χ4v) is 2.07. The molecule has 0 amide bonds. The van der Waals surface area contributed by atoms with Gasteiger partial charge in [-0.2, -0.15) is 0 Å². The number of benzene rings is 1. The summed E-state index contributed by atoms with van der Waals surface area (Å²) in [7, 11) is 0. The number of pyridine rings is 1. The summed E-state index contributed by atoms with van der Waals surface area (Å²) in [4.78, 5) is 14.3. The van der Waals surface area contributed by atoms with Crippen molar-refractivity contribution >= 4 is 28.9 Å². The summed E-state index contributed by atoms with van der Waals surface area (Å²) in [6.07, 6.45) is 0. The van der Waals surface area contributed by atoms with Gasteiger partial charge in [0.05, 0.1) is 11.1 Å². The van der Waals surface area contributed by atoms with E-state index in [2.05, 4.69) is 4.98 Å². The van der Waals surface area contributed by atoms with Crippen molar-refractivity contribution in [3.63, 3.8) is 0 Å². The van der Waals surface area contributed by atoms with Crippen LogP contribution in [0, 0.1) is 11.6 Å². The molecule has 0 aliphatic heterocycles. The first kappa shape index (κ1) is 10.8. The Morgan fingerprint density at radius 3 is 2.75 bits per heavy atom. The Bertz CT molecular complexity index is 643. The van der Waals surface area contributed by atoms with Gasteiger partial charge in [-0.1, -0.05) is 23.8 Å². The first-order valence-corrected chi connectivity index (χ1v) is 5.28. The molecule has 0 fully saturated rings. The van der Waals surface area contributed by atoms with Crippen LogP contribution in [0.2, 0.25) is 0 Å². The second-order valence-electron chi connectivity index (χ2n) is 3.78. The number of nitrogens with one attached hydrogen (secondary N) is 1. The molecule has 2 rings (SSSR count). The first-order chi connectivity index (χ1) is 7.50. The van der Waals surface area contributed by atoms with Crippen molar-refractivity contribution in [3.8, 4) is 5.75 Å². The van der Waals surface area contributed by atoms with Crippen LogP contribution in [0.3, 0.4) is 0 Å². The third-order valence-electron chi connectivity index (χ3n) is 2.49. The predicted octanol–water partition coefficient (Wildman–Crippen LogP) is 3.11. The third kappa shape index (κ3) is 1.61. The lowest BCUT2D eigenvalue weighted by atomic mass is 10.1. The van der Waals surface area contributed by atoms with Gasteiger partial charge in [-0.05, 0) is 26.0 Å². The first-order valence-electron chi connectivity index (χ1n) is 4.87. The van der Waals surface area contributed by atoms with E-state index in [1.54, 1.807) is 0 Å². The Hall–Kier alpha value is -1.68. The summed E-state index contributed by atoms with van der Waals surface area (Å²) in [6.45, 7) is 3.31. The van der Waals surface area contributed by atoms with Crippen LogP contribution >= 0.6 is 12.2 Å². The van der Waals surface area contributed by atoms with Crippen molar-refractivity contribution in [1.29, 1.82) is 0 Å². The normalized spacial score (nSPS) is 10.6. The van der Waals surface area contributed by atoms with Crippen LogP contribution in [0.15, 0.2) is 18.2 Å². The summed E-state index contributed by atoms with van der Waals surface area (Å²) < 4.78 is 0.279. The number of carbonyl (C=O) groups is 1. The summed E-state index contributed by atoms with van der Waals surface area (Å²) in [6, 6.07) is 5.58. The van der Waals surface area contributed by atoms with Gasteiger partial charge in [0.25, 0.3) is 0 Å². The zero-order valence-corrected chi connectivity index (χ0v) is 9.81. The Morgan fingerprint density at radius 2 is 2.12 bits per heavy atom. The van der Waals surface area contributed by atoms with Crippen LogP contribution in [0.25, 0.3) is 10.9 Å². The van der Waals surface area contributed by atoms with Gasteiger partial charge in [-0.25, -0.2) is 0 Å². The minimum Gasteiger partial charge on any atom is -0.506 e. The number of aromatic hydroxyl groups is 1. The highest BCUT2D eigenvalue weighted by atomic mass is 32.1. The minimum absolute atomic E-state index is 0.0325. The molecular weight excluding hydrogens is 222 g/mol. The molecular formula is C12H11NO2S. The van der Waals surface area contributed by atoms with E-state index in [-0.39, 0.29) is 21.7 Å². The standard InChI is InChI=1S/C12H11NO2S/c1-6-3-4-9-8(5-6)11(15)10(7(2)14)12(16)13-9/h3-5H,1-2H3,(H2,13,15,16). The number of fused-ring (bicyclic) bond motifs is 1. The molecule has 0 aliphatic rings. The molecule has 1 aromatic carbocycles. The maximum Gasteiger partial charge on any atom is 0.166 e. The summed E-state index contributed by atoms with van der Waals surface area (Å²) in [5, 5.41) is 10.6. The molecule has 16 heavy (non-hydrogen) atoms. The molecule has 0 spiro atoms. The average molecular weight is 233 g/mol. The summed E-state index contributed by atoms with van der Waals surface area (Å²) in [5.41, 5.74) is 1.94. The summed E-state index contributed by atoms with van der Waals surface area (Å²) in [5.74, 6) is -0.267. The minimum atomic E-state index is -0.234. The highest BCUT2D eigenvalue weighted by molar-refractivity contribution is 7.71. The molecule has 1 heterocycles. The van der Waals surface area contributed by atoms with Gasteiger partial charge in [0.15, 0.2) is 5.78 Å². The SMILES string of the molecule is CC(=O)c1c(O)c2cc(C)ccc2[nH]c1=S. The Labute approximate surface area is 97.7 Å². The molecule has 2 aromatic rings. The number of aromatic nitrogens is 1. The molecule has 0 atom stereocenters. The van der Waals surface area contributed by atoms with Crippen LogP contribution in [0.4, 0.5) is 0 Å². The van der Waals surface area contributed by atoms with Gasteiger partial charge in [-0.15, -0.1) is 0 Å². The van der Waals surface area contributed by atoms with E-state index in [4.69, 9.17) is 12.2 Å². The molecule has 0 bridgehead atoms. The fraction of sp³-hybridized carbons (Fsp3) is 0.167. The largest absolute Gasteiger partial charge is 0.506 e. The quantitative estimate of drug-likeness (QED) is 0.587. The molecule has 0 saturated carbocycles. The number of aryl methyl sites for hydroxylation is 1. The van der Waals surface area contributed by atoms with E-state index < -0.39 is 0 Å². The van der Waals surface area contributed by atoms with Gasteiger partial charge in [0.1, 0.15) is 10.4 Å². The maximum absolute atomic E-state index is 11.4. The van der Waals surface area contributed by atoms with E-state index in [0.717, 1.165) is 11.1 Å². The zero-order chi connectivity index (χ0) is 11.9. The van der Waals surface area contributed by atoms with Gasteiger partial charge in [0, 0.05) is 5.39 Å². The number of carbonyl (C=O) groups excluding carboxylic acids is 1. The molecule has 1 aromatic heterocycles. The Kier molecular flexibility index (Phi) is 2.52. The smallest absolute Gasteiger partial charge is 0.166 e. The van der Waals surface area contributed by atoms with E-state index in [0.29, 0.717) is 5.39 Å². The number of Topliss-reactive ketones (excluding diaryl/α,β-unsaturated/α-hetero) is 1. The van der Waals surface area contributed by atoms with Crippen molar-refractivity contribution in [2.75, 3.05) is 0 Å². The van der Waals surface area contributed by atoms with E-state index in [1.165, 1.54) is 6.92 Å². The van der Waals surface area contributed by atoms with Crippen molar-refractivity contribution < 1.29 is 9.90 Å². The van der Waals surface area contributed by atoms with Crippen LogP contribution in [-0.4, -0.2) is 15.9 Å². The molecule has 0 aliphatic carbocycles. The highest BCUT2D eigenvalue weighted by Gasteiger charge is 2.13. The molecule has 4 heteroatoms. The molecule has 3 nitrogen and oxygen atoms in total. The number of rotatable bonds is 1. The van der Waals surface area contributed by atoms with Gasteiger partial charge in [-0.3, -0.25) is 4.79 Å². The van der Waals surface area contributed by atoms with Crippen molar-refractivity contribution in [2.45, 2.75) is 13.8 Å². The number of hydrogen-bond acceptors (Lipinski definition) is 3. The second kappa shape index (κ2) is 3.72. The highest BCUT2D eigenvalue weighted by Crippen LogP contribution is 2.28. The van der Waals surface area contributed by atoms with Gasteiger partial charge < -0.3 is 10.1 Å². The molecule has 0 unspecified atom stereocenters. The van der Waals surface area contributed by atoms with Crippen LogP contribution in [0.5, 0.6) is 5.75 Å². The predicted molar refractivity (Wildman–Crippen MR) is 65.5 cm³/mol. The van der Waals surface area contributed by atoms with Crippen LogP contribution in [-0.2, 0) is 0 Å².